The summed E-state index contributed by atoms with van der Waals surface area (Å²) < 4.78 is 52.0. The predicted molar refractivity (Wildman–Crippen MR) is 142 cm³/mol. The Morgan fingerprint density at radius 2 is 1.85 bits per heavy atom. The Balaban J connectivity index is 1.36. The number of aromatic nitrogens is 3. The van der Waals surface area contributed by atoms with E-state index in [2.05, 4.69) is 24.0 Å². The lowest BCUT2D eigenvalue weighted by atomic mass is 9.45. The van der Waals surface area contributed by atoms with Gasteiger partial charge < -0.3 is 9.47 Å². The quantitative estimate of drug-likeness (QED) is 0.342. The highest BCUT2D eigenvalue weighted by molar-refractivity contribution is 5.82. The van der Waals surface area contributed by atoms with Crippen molar-refractivity contribution in [2.24, 2.45) is 40.4 Å². The lowest BCUT2D eigenvalue weighted by Gasteiger charge is -2.60. The predicted octanol–water partition coefficient (Wildman–Crippen LogP) is 6.86. The van der Waals surface area contributed by atoms with Crippen molar-refractivity contribution in [1.82, 2.24) is 15.0 Å². The van der Waals surface area contributed by atoms with Gasteiger partial charge in [-0.3, -0.25) is 4.79 Å². The average molecular weight is 550 g/mol. The Labute approximate surface area is 229 Å². The number of nitrogens with zero attached hydrogens (tertiary/aromatic N) is 3. The summed E-state index contributed by atoms with van der Waals surface area (Å²) in [6.07, 6.45) is 1.64. The number of benzene rings is 1. The number of Topliss-reactive ketones (excluding diaryl/α,β-unsaturated/α-hetero) is 1. The molecule has 9 heteroatoms. The highest BCUT2D eigenvalue weighted by Gasteiger charge is 2.62. The summed E-state index contributed by atoms with van der Waals surface area (Å²) in [6, 6.07) is 5.49. The maximum Gasteiger partial charge on any atom is 0.389 e. The van der Waals surface area contributed by atoms with Crippen LogP contribution in [0.2, 0.25) is 0 Å². The summed E-state index contributed by atoms with van der Waals surface area (Å²) in [5.41, 5.74) is 0.821. The summed E-state index contributed by atoms with van der Waals surface area (Å²) in [5, 5.41) is 9.03. The molecular weight excluding hydrogens is 507 g/mol. The van der Waals surface area contributed by atoms with Crippen LogP contribution in [0.25, 0.3) is 11.0 Å². The molecule has 0 spiro atoms. The molecule has 0 bridgehead atoms. The van der Waals surface area contributed by atoms with Crippen molar-refractivity contribution in [3.63, 3.8) is 0 Å². The number of ketones is 1. The zero-order valence-electron chi connectivity index (χ0n) is 23.6. The van der Waals surface area contributed by atoms with Gasteiger partial charge in [-0.2, -0.15) is 28.2 Å². The second kappa shape index (κ2) is 10.7. The third-order valence-electron chi connectivity index (χ3n) is 10.8. The second-order valence-electron chi connectivity index (χ2n) is 12.6. The lowest BCUT2D eigenvalue weighted by molar-refractivity contribution is -0.191. The van der Waals surface area contributed by atoms with E-state index >= 15 is 0 Å². The number of hydrogen-bond donors (Lipinski definition) is 0. The minimum Gasteiger partial charge on any atom is -0.497 e. The first kappa shape index (κ1) is 28.4. The van der Waals surface area contributed by atoms with Crippen LogP contribution in [-0.2, 0) is 16.1 Å². The number of methoxy groups -OCH3 is 2. The van der Waals surface area contributed by atoms with Crippen LogP contribution in [0.3, 0.4) is 0 Å². The van der Waals surface area contributed by atoms with Gasteiger partial charge >= 0.3 is 6.18 Å². The van der Waals surface area contributed by atoms with E-state index in [0.717, 1.165) is 50.5 Å². The van der Waals surface area contributed by atoms with Gasteiger partial charge in [0.25, 0.3) is 0 Å². The number of carbonyl (C=O) groups is 1. The second-order valence-corrected chi connectivity index (χ2v) is 12.6. The van der Waals surface area contributed by atoms with Crippen LogP contribution in [0.15, 0.2) is 18.2 Å². The minimum absolute atomic E-state index is 0.0806. The van der Waals surface area contributed by atoms with Gasteiger partial charge in [-0.25, -0.2) is 0 Å². The first-order valence-corrected chi connectivity index (χ1v) is 14.5. The fourth-order valence-electron chi connectivity index (χ4n) is 9.31. The number of alkyl halides is 3. The van der Waals surface area contributed by atoms with E-state index in [-0.39, 0.29) is 29.6 Å². The molecule has 0 aliphatic heterocycles. The van der Waals surface area contributed by atoms with Gasteiger partial charge in [0.2, 0.25) is 0 Å². The average Bonchev–Trinajstić information content (AvgIpc) is 3.44. The monoisotopic (exact) mass is 549 g/mol. The fraction of sp³-hybridized carbons (Fsp3) is 0.767. The summed E-state index contributed by atoms with van der Waals surface area (Å²) in [5.74, 6) is 1.26. The number of rotatable bonds is 9. The van der Waals surface area contributed by atoms with E-state index in [4.69, 9.17) is 9.47 Å². The molecule has 3 aliphatic rings. The van der Waals surface area contributed by atoms with Crippen molar-refractivity contribution in [3.05, 3.63) is 18.2 Å². The van der Waals surface area contributed by atoms with Gasteiger partial charge in [-0.15, -0.1) is 0 Å². The molecule has 2 aromatic rings. The molecule has 1 heterocycles. The molecule has 3 aliphatic carbocycles. The van der Waals surface area contributed by atoms with E-state index in [0.29, 0.717) is 36.1 Å². The van der Waals surface area contributed by atoms with E-state index in [1.54, 1.807) is 14.2 Å². The summed E-state index contributed by atoms with van der Waals surface area (Å²) in [7, 11) is 3.23. The van der Waals surface area contributed by atoms with Crippen LogP contribution in [-0.4, -0.2) is 47.8 Å². The summed E-state index contributed by atoms with van der Waals surface area (Å²) >= 11 is 0. The Kier molecular flexibility index (Phi) is 7.77. The van der Waals surface area contributed by atoms with Crippen molar-refractivity contribution in [2.75, 3.05) is 20.8 Å². The molecule has 5 rings (SSSR count). The van der Waals surface area contributed by atoms with E-state index in [1.165, 1.54) is 4.80 Å². The van der Waals surface area contributed by atoms with Gasteiger partial charge in [-0.1, -0.05) is 20.3 Å². The maximum atomic E-state index is 13.7. The fourth-order valence-corrected chi connectivity index (χ4v) is 9.31. The molecule has 216 valence electrons. The topological polar surface area (TPSA) is 66.2 Å². The van der Waals surface area contributed by atoms with E-state index in [9.17, 15) is 18.0 Å². The standard InChI is InChI=1S/C30H42F3N3O3/c1-5-13-29(18-38-3)19(16-30(31,32)33)6-8-21-22-9-10-24(28(22,2)14-12-23(21)29)27(37)17-36-34-25-11-7-20(39-4)15-26(25)35-36/h7,11,15,19,21-24H,5-6,8-10,12-14,16-18H2,1-4H3/t19?,21?,22?,23?,24-,28?,29?/m1/s1. The largest absolute Gasteiger partial charge is 0.497 e. The molecular formula is C30H42F3N3O3. The van der Waals surface area contributed by atoms with Gasteiger partial charge in [0, 0.05) is 25.5 Å². The number of hydrogen-bond acceptors (Lipinski definition) is 5. The normalized spacial score (nSPS) is 34.6. The Bertz CT molecular complexity index is 1180. The highest BCUT2D eigenvalue weighted by atomic mass is 19.4. The zero-order valence-corrected chi connectivity index (χ0v) is 23.6. The van der Waals surface area contributed by atoms with Crippen LogP contribution >= 0.6 is 0 Å². The minimum atomic E-state index is -4.17. The first-order valence-electron chi connectivity index (χ1n) is 14.5. The van der Waals surface area contributed by atoms with Crippen LogP contribution in [0, 0.1) is 40.4 Å². The molecule has 39 heavy (non-hydrogen) atoms. The van der Waals surface area contributed by atoms with Crippen molar-refractivity contribution >= 4 is 16.8 Å². The van der Waals surface area contributed by atoms with E-state index < -0.39 is 23.9 Å². The number of halogens is 3. The summed E-state index contributed by atoms with van der Waals surface area (Å²) in [6.45, 7) is 4.86. The maximum absolute atomic E-state index is 13.7. The molecule has 0 saturated heterocycles. The van der Waals surface area contributed by atoms with Gasteiger partial charge in [0.05, 0.1) is 13.7 Å². The highest BCUT2D eigenvalue weighted by Crippen LogP contribution is 2.67. The SMILES string of the molecule is CCCC1(COC)C(CC(F)(F)F)CCC2C1CCC1(C)C2CC[C@@H]1C(=O)Cn1nc2ccc(OC)cc2n1. The number of carbonyl (C=O) groups excluding carboxylic acids is 1. The van der Waals surface area contributed by atoms with Crippen molar-refractivity contribution in [1.29, 1.82) is 0 Å². The lowest BCUT2D eigenvalue weighted by Crippen LogP contribution is -2.55. The number of fused-ring (bicyclic) bond motifs is 4. The molecule has 7 atom stereocenters. The van der Waals surface area contributed by atoms with Crippen molar-refractivity contribution in [3.8, 4) is 5.75 Å². The molecule has 1 aromatic carbocycles. The molecule has 3 saturated carbocycles. The van der Waals surface area contributed by atoms with Gasteiger partial charge in [0.1, 0.15) is 23.3 Å². The molecule has 6 nitrogen and oxygen atoms in total. The molecule has 6 unspecified atom stereocenters. The van der Waals surface area contributed by atoms with Crippen LogP contribution in [0.4, 0.5) is 13.2 Å². The molecule has 0 N–H and O–H groups in total. The Morgan fingerprint density at radius 1 is 1.08 bits per heavy atom. The molecule has 3 fully saturated rings. The Morgan fingerprint density at radius 3 is 2.54 bits per heavy atom. The van der Waals surface area contributed by atoms with Gasteiger partial charge in [-0.05, 0) is 91.6 Å². The molecule has 0 amide bonds. The molecule has 1 aromatic heterocycles. The zero-order chi connectivity index (χ0) is 28.0. The van der Waals surface area contributed by atoms with Crippen molar-refractivity contribution in [2.45, 2.75) is 84.4 Å². The van der Waals surface area contributed by atoms with Gasteiger partial charge in [0.15, 0.2) is 5.78 Å². The van der Waals surface area contributed by atoms with Crippen molar-refractivity contribution < 1.29 is 27.4 Å². The Hall–Kier alpha value is -2.16. The van der Waals surface area contributed by atoms with E-state index in [1.807, 2.05) is 18.2 Å². The number of ether oxygens (including phenoxy) is 2. The smallest absolute Gasteiger partial charge is 0.389 e. The first-order chi connectivity index (χ1) is 18.5. The third-order valence-corrected chi connectivity index (χ3v) is 10.8. The summed E-state index contributed by atoms with van der Waals surface area (Å²) in [4.78, 5) is 15.2. The molecule has 0 radical (unpaired) electrons. The third kappa shape index (κ3) is 5.08. The van der Waals surface area contributed by atoms with Crippen LogP contribution in [0.5, 0.6) is 5.75 Å². The van der Waals surface area contributed by atoms with Crippen LogP contribution < -0.4 is 4.74 Å². The van der Waals surface area contributed by atoms with Crippen LogP contribution in [0.1, 0.15) is 71.6 Å².